The van der Waals surface area contributed by atoms with Crippen LogP contribution in [-0.2, 0) is 0 Å². The fourth-order valence-corrected chi connectivity index (χ4v) is 1.97. The van der Waals surface area contributed by atoms with E-state index in [1.54, 1.807) is 6.21 Å². The number of H-pyrrole nitrogens is 1. The summed E-state index contributed by atoms with van der Waals surface area (Å²) in [4.78, 5) is 15.1. The van der Waals surface area contributed by atoms with Gasteiger partial charge in [0.25, 0.3) is 0 Å². The van der Waals surface area contributed by atoms with E-state index in [0.29, 0.717) is 17.0 Å². The number of nitrogens with zero attached hydrogens (tertiary/aromatic N) is 4. The molecule has 0 aliphatic heterocycles. The Kier molecular flexibility index (Phi) is 3.30. The molecule has 0 unspecified atom stereocenters. The Bertz CT molecular complexity index is 779. The molecule has 2 N–H and O–H groups in total. The summed E-state index contributed by atoms with van der Waals surface area (Å²) >= 11 is 5.84. The van der Waals surface area contributed by atoms with E-state index in [1.165, 1.54) is 11.9 Å². The summed E-state index contributed by atoms with van der Waals surface area (Å²) in [7, 11) is 0. The molecule has 0 radical (unpaired) electrons. The van der Waals surface area contributed by atoms with Crippen molar-refractivity contribution in [2.24, 2.45) is 5.10 Å². The summed E-state index contributed by atoms with van der Waals surface area (Å²) in [5.41, 5.74) is 6.17. The third kappa shape index (κ3) is 2.60. The minimum absolute atomic E-state index is 0.134. The first-order valence-corrected chi connectivity index (χ1v) is 6.32. The predicted octanol–water partition coefficient (Wildman–Crippen LogP) is 2.76. The van der Waals surface area contributed by atoms with Crippen molar-refractivity contribution in [3.8, 4) is 0 Å². The second-order valence-corrected chi connectivity index (χ2v) is 4.56. The molecule has 7 heteroatoms. The van der Waals surface area contributed by atoms with Crippen LogP contribution in [0.25, 0.3) is 11.2 Å². The van der Waals surface area contributed by atoms with Crippen molar-refractivity contribution in [3.63, 3.8) is 0 Å². The number of benzene rings is 1. The van der Waals surface area contributed by atoms with E-state index in [1.807, 2.05) is 31.2 Å². The summed E-state index contributed by atoms with van der Waals surface area (Å²) in [5.74, 6) is 0.463. The summed E-state index contributed by atoms with van der Waals surface area (Å²) in [6.07, 6.45) is 3.24. The number of imidazole rings is 1. The standard InChI is InChI=1S/C13H11ClN6/c1-8-3-2-4-9(5-8)6-17-20-12-10-11(16-7-15-10)18-13(14)19-12/h2-7H,1H3,(H2,15,16,18,19,20)/b17-6+. The Morgan fingerprint density at radius 1 is 1.35 bits per heavy atom. The smallest absolute Gasteiger partial charge is 0.226 e. The van der Waals surface area contributed by atoms with E-state index in [9.17, 15) is 0 Å². The van der Waals surface area contributed by atoms with Crippen LogP contribution >= 0.6 is 11.6 Å². The van der Waals surface area contributed by atoms with Gasteiger partial charge in [0.2, 0.25) is 5.28 Å². The van der Waals surface area contributed by atoms with Crippen LogP contribution in [0.4, 0.5) is 5.82 Å². The van der Waals surface area contributed by atoms with Gasteiger partial charge >= 0.3 is 0 Å². The highest BCUT2D eigenvalue weighted by Crippen LogP contribution is 2.18. The van der Waals surface area contributed by atoms with Crippen molar-refractivity contribution in [3.05, 3.63) is 47.0 Å². The van der Waals surface area contributed by atoms with Crippen molar-refractivity contribution < 1.29 is 0 Å². The minimum Gasteiger partial charge on any atom is -0.329 e. The largest absolute Gasteiger partial charge is 0.329 e. The van der Waals surface area contributed by atoms with Gasteiger partial charge in [-0.25, -0.2) is 4.98 Å². The molecule has 1 aromatic carbocycles. The molecule has 0 saturated carbocycles. The van der Waals surface area contributed by atoms with Crippen LogP contribution in [0.5, 0.6) is 0 Å². The van der Waals surface area contributed by atoms with E-state index >= 15 is 0 Å². The van der Waals surface area contributed by atoms with E-state index in [2.05, 4.69) is 30.5 Å². The Hall–Kier alpha value is -2.47. The molecule has 0 atom stereocenters. The number of anilines is 1. The van der Waals surface area contributed by atoms with Gasteiger partial charge in [0.1, 0.15) is 0 Å². The first kappa shape index (κ1) is 12.6. The quantitative estimate of drug-likeness (QED) is 0.441. The average Bonchev–Trinajstić information content (AvgIpc) is 2.87. The number of aryl methyl sites for hydroxylation is 1. The molecular formula is C13H11ClN6. The number of fused-ring (bicyclic) bond motifs is 1. The van der Waals surface area contributed by atoms with E-state index in [-0.39, 0.29) is 5.28 Å². The fourth-order valence-electron chi connectivity index (χ4n) is 1.80. The molecule has 0 spiro atoms. The number of aromatic amines is 1. The van der Waals surface area contributed by atoms with Crippen molar-refractivity contribution in [1.82, 2.24) is 19.9 Å². The van der Waals surface area contributed by atoms with Gasteiger partial charge in [-0.2, -0.15) is 15.1 Å². The van der Waals surface area contributed by atoms with Crippen molar-refractivity contribution in [2.75, 3.05) is 5.43 Å². The number of nitrogens with one attached hydrogen (secondary N) is 2. The third-order valence-electron chi connectivity index (χ3n) is 2.68. The maximum absolute atomic E-state index is 5.84. The Morgan fingerprint density at radius 2 is 2.25 bits per heavy atom. The van der Waals surface area contributed by atoms with Gasteiger partial charge in [0.15, 0.2) is 17.0 Å². The van der Waals surface area contributed by atoms with Gasteiger partial charge in [-0.3, -0.25) is 5.43 Å². The SMILES string of the molecule is Cc1cccc(/C=N/Nc2nc(Cl)nc3[nH]cnc23)c1. The summed E-state index contributed by atoms with van der Waals surface area (Å²) < 4.78 is 0. The molecule has 100 valence electrons. The van der Waals surface area contributed by atoms with Crippen molar-refractivity contribution >= 4 is 34.8 Å². The van der Waals surface area contributed by atoms with Gasteiger partial charge in [0, 0.05) is 0 Å². The molecule has 0 bridgehead atoms. The van der Waals surface area contributed by atoms with Crippen LogP contribution in [0.2, 0.25) is 5.28 Å². The predicted molar refractivity (Wildman–Crippen MR) is 79.1 cm³/mol. The maximum Gasteiger partial charge on any atom is 0.226 e. The van der Waals surface area contributed by atoms with E-state index < -0.39 is 0 Å². The molecule has 0 amide bonds. The lowest BCUT2D eigenvalue weighted by molar-refractivity contribution is 1.17. The number of hydrogen-bond acceptors (Lipinski definition) is 5. The molecule has 0 aliphatic carbocycles. The summed E-state index contributed by atoms with van der Waals surface area (Å²) in [6, 6.07) is 8.00. The van der Waals surface area contributed by atoms with Crippen LogP contribution in [-0.4, -0.2) is 26.2 Å². The molecular weight excluding hydrogens is 276 g/mol. The van der Waals surface area contributed by atoms with Gasteiger partial charge in [0.05, 0.1) is 12.5 Å². The van der Waals surface area contributed by atoms with Gasteiger partial charge < -0.3 is 4.98 Å². The second-order valence-electron chi connectivity index (χ2n) is 4.23. The number of rotatable bonds is 3. The summed E-state index contributed by atoms with van der Waals surface area (Å²) in [6.45, 7) is 2.03. The molecule has 6 nitrogen and oxygen atoms in total. The Morgan fingerprint density at radius 3 is 3.10 bits per heavy atom. The Labute approximate surface area is 119 Å². The lowest BCUT2D eigenvalue weighted by Crippen LogP contribution is -1.97. The molecule has 2 aromatic heterocycles. The van der Waals surface area contributed by atoms with Crippen LogP contribution in [0.1, 0.15) is 11.1 Å². The molecule has 3 aromatic rings. The van der Waals surface area contributed by atoms with Crippen LogP contribution in [0, 0.1) is 6.92 Å². The molecule has 2 heterocycles. The Balaban J connectivity index is 1.85. The highest BCUT2D eigenvalue weighted by Gasteiger charge is 2.07. The molecule has 3 rings (SSSR count). The molecule has 0 saturated heterocycles. The number of aromatic nitrogens is 4. The second kappa shape index (κ2) is 5.26. The number of hydrazone groups is 1. The van der Waals surface area contributed by atoms with Gasteiger partial charge in [-0.15, -0.1) is 0 Å². The maximum atomic E-state index is 5.84. The molecule has 20 heavy (non-hydrogen) atoms. The lowest BCUT2D eigenvalue weighted by atomic mass is 10.2. The zero-order valence-electron chi connectivity index (χ0n) is 10.6. The number of halogens is 1. The zero-order chi connectivity index (χ0) is 13.9. The van der Waals surface area contributed by atoms with Crippen LogP contribution in [0.15, 0.2) is 35.7 Å². The van der Waals surface area contributed by atoms with Crippen molar-refractivity contribution in [1.29, 1.82) is 0 Å². The zero-order valence-corrected chi connectivity index (χ0v) is 11.4. The van der Waals surface area contributed by atoms with E-state index in [4.69, 9.17) is 11.6 Å². The third-order valence-corrected chi connectivity index (χ3v) is 2.85. The van der Waals surface area contributed by atoms with E-state index in [0.717, 1.165) is 5.56 Å². The molecule has 0 aliphatic rings. The normalized spacial score (nSPS) is 11.3. The first-order valence-electron chi connectivity index (χ1n) is 5.95. The first-order chi connectivity index (χ1) is 9.72. The highest BCUT2D eigenvalue weighted by molar-refractivity contribution is 6.28. The van der Waals surface area contributed by atoms with Gasteiger partial charge in [-0.1, -0.05) is 29.8 Å². The average molecular weight is 287 g/mol. The lowest BCUT2D eigenvalue weighted by Gasteiger charge is -2.00. The minimum atomic E-state index is 0.134. The van der Waals surface area contributed by atoms with Crippen LogP contribution < -0.4 is 5.43 Å². The van der Waals surface area contributed by atoms with Crippen molar-refractivity contribution in [2.45, 2.75) is 6.92 Å². The fraction of sp³-hybridized carbons (Fsp3) is 0.0769. The highest BCUT2D eigenvalue weighted by atomic mass is 35.5. The molecule has 0 fully saturated rings. The monoisotopic (exact) mass is 286 g/mol. The van der Waals surface area contributed by atoms with Gasteiger partial charge in [-0.05, 0) is 24.1 Å². The number of hydrogen-bond donors (Lipinski definition) is 2. The summed E-state index contributed by atoms with van der Waals surface area (Å²) in [5, 5.41) is 4.28. The van der Waals surface area contributed by atoms with Crippen LogP contribution in [0.3, 0.4) is 0 Å². The topological polar surface area (TPSA) is 78.9 Å².